The van der Waals surface area contributed by atoms with E-state index in [9.17, 15) is 24.5 Å². The summed E-state index contributed by atoms with van der Waals surface area (Å²) in [7, 11) is 4.99. The van der Waals surface area contributed by atoms with Crippen LogP contribution in [-0.4, -0.2) is 90.5 Å². The van der Waals surface area contributed by atoms with Crippen LogP contribution in [0.2, 0.25) is 0 Å². The van der Waals surface area contributed by atoms with Crippen LogP contribution < -0.4 is 0 Å². The third-order valence-electron chi connectivity index (χ3n) is 5.89. The van der Waals surface area contributed by atoms with Gasteiger partial charge in [0.1, 0.15) is 19.3 Å². The first-order chi connectivity index (χ1) is 17.0. The van der Waals surface area contributed by atoms with Crippen LogP contribution in [0.1, 0.15) is 89.9 Å². The molecule has 0 rings (SSSR count). The van der Waals surface area contributed by atoms with Gasteiger partial charge < -0.3 is 19.6 Å². The van der Waals surface area contributed by atoms with Gasteiger partial charge in [-0.15, -0.1) is 0 Å². The highest BCUT2D eigenvalue weighted by Gasteiger charge is 2.35. The number of Topliss-reactive ketones (excluding diaryl/α,β-unsaturated/α-hetero) is 1. The summed E-state index contributed by atoms with van der Waals surface area (Å²) in [6, 6.07) is 0. The molecule has 0 saturated heterocycles. The lowest BCUT2D eigenvalue weighted by atomic mass is 10.0. The Morgan fingerprint density at radius 1 is 0.889 bits per heavy atom. The quantitative estimate of drug-likeness (QED) is 0.0527. The van der Waals surface area contributed by atoms with Crippen molar-refractivity contribution in [3.8, 4) is 0 Å². The molecule has 0 bridgehead atoms. The smallest absolute Gasteiger partial charge is 0.394 e. The number of likely N-dealkylation sites (N-methyl/N-ethyl adjacent to an activating group) is 1. The van der Waals surface area contributed by atoms with Crippen LogP contribution in [0.15, 0.2) is 0 Å². The Balaban J connectivity index is 3.94. The summed E-state index contributed by atoms with van der Waals surface area (Å²) in [5.41, 5.74) is 0. The molecule has 0 aliphatic rings. The van der Waals surface area contributed by atoms with Crippen LogP contribution in [-0.2, 0) is 18.4 Å². The molecule has 0 saturated carbocycles. The van der Waals surface area contributed by atoms with Gasteiger partial charge in [0.25, 0.3) is 0 Å². The summed E-state index contributed by atoms with van der Waals surface area (Å²) >= 11 is 0. The zero-order valence-electron chi connectivity index (χ0n) is 23.1. The summed E-state index contributed by atoms with van der Waals surface area (Å²) in [5.74, 6) is 0.773. The first kappa shape index (κ1) is 36.4. The molecule has 0 aliphatic carbocycles. The van der Waals surface area contributed by atoms with Gasteiger partial charge in [0, 0.05) is 12.2 Å². The lowest BCUT2D eigenvalue weighted by Crippen LogP contribution is -2.39. The molecule has 0 amide bonds. The maximum absolute atomic E-state index is 12.5. The molecule has 11 heteroatoms. The van der Waals surface area contributed by atoms with E-state index in [4.69, 9.17) is 9.05 Å². The molecule has 0 aromatic rings. The number of aliphatic hydroxyl groups is 2. The minimum absolute atomic E-state index is 0.0365. The Hall–Kier alpha value is 0.360. The molecule has 3 atom stereocenters. The third-order valence-corrected chi connectivity index (χ3v) is 8.79. The molecular weight excluding hydrogens is 521 g/mol. The predicted molar refractivity (Wildman–Crippen MR) is 152 cm³/mol. The van der Waals surface area contributed by atoms with Gasteiger partial charge in [0.05, 0.1) is 27.7 Å². The molecule has 216 valence electrons. The summed E-state index contributed by atoms with van der Waals surface area (Å²) in [4.78, 5) is 22.5. The van der Waals surface area contributed by atoms with E-state index in [2.05, 4.69) is 6.26 Å². The fourth-order valence-electron chi connectivity index (χ4n) is 3.67. The summed E-state index contributed by atoms with van der Waals surface area (Å²) in [6.45, 7) is -0.315. The number of hydrogen-bond donors (Lipinski definition) is 3. The second-order valence-corrected chi connectivity index (χ2v) is 14.5. The zero-order valence-corrected chi connectivity index (χ0v) is 25.6. The highest BCUT2D eigenvalue weighted by atomic mass is 33.1. The molecule has 3 N–H and O–H groups in total. The van der Waals surface area contributed by atoms with E-state index in [1.807, 2.05) is 42.7 Å². The van der Waals surface area contributed by atoms with Crippen LogP contribution >= 0.6 is 29.4 Å². The Kier molecular flexibility index (Phi) is 22.4. The van der Waals surface area contributed by atoms with Crippen molar-refractivity contribution in [2.24, 2.45) is 0 Å². The number of phosphoric acid groups is 1. The summed E-state index contributed by atoms with van der Waals surface area (Å²) in [6.07, 6.45) is 14.5. The number of quaternary nitrogens is 1. The molecule has 0 heterocycles. The van der Waals surface area contributed by atoms with Gasteiger partial charge in [-0.05, 0) is 19.1 Å². The number of carbonyl (C=O) groups excluding carboxylic acids is 1. The molecule has 0 aromatic heterocycles. The van der Waals surface area contributed by atoms with Gasteiger partial charge in [-0.1, -0.05) is 92.2 Å². The number of nitrogens with zero attached hydrogens (tertiary/aromatic N) is 1. The van der Waals surface area contributed by atoms with Gasteiger partial charge in [-0.2, -0.15) is 0 Å². The van der Waals surface area contributed by atoms with Crippen molar-refractivity contribution < 1.29 is 38.0 Å². The first-order valence-electron chi connectivity index (χ1n) is 13.5. The maximum Gasteiger partial charge on any atom is 0.473 e. The highest BCUT2D eigenvalue weighted by molar-refractivity contribution is 8.76. The second-order valence-electron chi connectivity index (χ2n) is 10.4. The topological polar surface area (TPSA) is 113 Å². The molecule has 0 fully saturated rings. The van der Waals surface area contributed by atoms with Gasteiger partial charge in [0.15, 0.2) is 11.9 Å². The molecule has 0 aliphatic heterocycles. The minimum Gasteiger partial charge on any atom is -0.394 e. The van der Waals surface area contributed by atoms with E-state index >= 15 is 0 Å². The standard InChI is InChI=1S/C25H52NO7PS2/c1-26(2,3)19-20-32-34(30,31)33-25(24(29)22-27)23(28)18-16-14-12-10-8-6-5-7-9-11-13-15-17-21-36-35-4/h24-25,27,29H,5-22H2,1-4H3/p+1/t24-,25?/m0/s1. The van der Waals surface area contributed by atoms with E-state index in [0.717, 1.165) is 19.3 Å². The van der Waals surface area contributed by atoms with Gasteiger partial charge in [-0.25, -0.2) is 4.57 Å². The Bertz CT molecular complexity index is 593. The molecule has 8 nitrogen and oxygen atoms in total. The van der Waals surface area contributed by atoms with Crippen LogP contribution in [0.5, 0.6) is 0 Å². The molecule has 36 heavy (non-hydrogen) atoms. The number of rotatable bonds is 26. The maximum atomic E-state index is 12.5. The SMILES string of the molecule is CSSCCCCCCCCCCCCCCCC(=O)C(OP(=O)(O)OCC[N+](C)(C)C)[C@@H](O)CO. The second kappa shape index (κ2) is 22.2. The average molecular weight is 575 g/mol. The van der Waals surface area contributed by atoms with Gasteiger partial charge >= 0.3 is 7.82 Å². The van der Waals surface area contributed by atoms with Crippen molar-refractivity contribution in [3.05, 3.63) is 0 Å². The average Bonchev–Trinajstić information content (AvgIpc) is 2.80. The van der Waals surface area contributed by atoms with E-state index in [-0.39, 0.29) is 13.0 Å². The summed E-state index contributed by atoms with van der Waals surface area (Å²) in [5, 5.41) is 19.2. The Labute approximate surface area is 227 Å². The number of hydrogen-bond acceptors (Lipinski definition) is 8. The Morgan fingerprint density at radius 3 is 1.81 bits per heavy atom. The number of ketones is 1. The molecule has 0 radical (unpaired) electrons. The van der Waals surface area contributed by atoms with E-state index < -0.39 is 32.4 Å². The van der Waals surface area contributed by atoms with Crippen molar-refractivity contribution in [2.45, 2.75) is 102 Å². The zero-order chi connectivity index (χ0) is 27.3. The third kappa shape index (κ3) is 22.4. The van der Waals surface area contributed by atoms with E-state index in [1.165, 1.54) is 63.5 Å². The fraction of sp³-hybridized carbons (Fsp3) is 0.960. The number of phosphoric ester groups is 1. The van der Waals surface area contributed by atoms with E-state index in [1.54, 1.807) is 0 Å². The van der Waals surface area contributed by atoms with Crippen molar-refractivity contribution >= 4 is 35.2 Å². The van der Waals surface area contributed by atoms with Crippen molar-refractivity contribution in [1.82, 2.24) is 0 Å². The predicted octanol–water partition coefficient (Wildman–Crippen LogP) is 5.59. The van der Waals surface area contributed by atoms with Crippen LogP contribution in [0.3, 0.4) is 0 Å². The fourth-order valence-corrected chi connectivity index (χ4v) is 5.93. The highest BCUT2D eigenvalue weighted by Crippen LogP contribution is 2.45. The van der Waals surface area contributed by atoms with Crippen LogP contribution in [0.4, 0.5) is 0 Å². The number of unbranched alkanes of at least 4 members (excludes halogenated alkanes) is 12. The number of carbonyl (C=O) groups is 1. The van der Waals surface area contributed by atoms with Crippen molar-refractivity contribution in [2.75, 3.05) is 52.9 Å². The largest absolute Gasteiger partial charge is 0.473 e. The molecule has 0 aromatic carbocycles. The lowest BCUT2D eigenvalue weighted by Gasteiger charge is -2.26. The van der Waals surface area contributed by atoms with Crippen molar-refractivity contribution in [3.63, 3.8) is 0 Å². The monoisotopic (exact) mass is 574 g/mol. The number of aliphatic hydroxyl groups excluding tert-OH is 2. The minimum atomic E-state index is -4.54. The normalized spacial score (nSPS) is 15.5. The van der Waals surface area contributed by atoms with Crippen LogP contribution in [0, 0.1) is 0 Å². The summed E-state index contributed by atoms with van der Waals surface area (Å²) < 4.78 is 22.7. The van der Waals surface area contributed by atoms with Gasteiger partial charge in [0.2, 0.25) is 0 Å². The van der Waals surface area contributed by atoms with Gasteiger partial charge in [-0.3, -0.25) is 13.8 Å². The van der Waals surface area contributed by atoms with Crippen LogP contribution in [0.25, 0.3) is 0 Å². The molecule has 2 unspecified atom stereocenters. The first-order valence-corrected chi connectivity index (χ1v) is 17.7. The lowest BCUT2D eigenvalue weighted by molar-refractivity contribution is -0.870. The van der Waals surface area contributed by atoms with Crippen molar-refractivity contribution in [1.29, 1.82) is 0 Å². The molecular formula is C25H53NO7PS2+. The molecule has 0 spiro atoms. The van der Waals surface area contributed by atoms with E-state index in [0.29, 0.717) is 17.4 Å². The Morgan fingerprint density at radius 2 is 1.36 bits per heavy atom.